The van der Waals surface area contributed by atoms with Gasteiger partial charge in [-0.25, -0.2) is 0 Å². The van der Waals surface area contributed by atoms with Gasteiger partial charge in [-0.1, -0.05) is 30.3 Å². The minimum atomic E-state index is -2.97. The van der Waals surface area contributed by atoms with Crippen molar-refractivity contribution in [3.63, 3.8) is 0 Å². The summed E-state index contributed by atoms with van der Waals surface area (Å²) in [6.45, 7) is -2.97. The SMILES string of the molecule is O=C(Nc1ccccc1OC(F)F)c1ccc(Oc2ccccc2)cc1. The Bertz CT molecular complexity index is 868. The van der Waals surface area contributed by atoms with E-state index in [4.69, 9.17) is 4.74 Å². The van der Waals surface area contributed by atoms with Crippen LogP contribution in [0.3, 0.4) is 0 Å². The van der Waals surface area contributed by atoms with Crippen LogP contribution in [0, 0.1) is 0 Å². The van der Waals surface area contributed by atoms with E-state index in [-0.39, 0.29) is 11.4 Å². The highest BCUT2D eigenvalue weighted by Gasteiger charge is 2.13. The average molecular weight is 355 g/mol. The summed E-state index contributed by atoms with van der Waals surface area (Å²) in [6, 6.07) is 21.7. The number of para-hydroxylation sites is 3. The van der Waals surface area contributed by atoms with Gasteiger partial charge < -0.3 is 14.8 Å². The number of amides is 1. The molecule has 0 spiro atoms. The molecule has 0 saturated carbocycles. The van der Waals surface area contributed by atoms with Gasteiger partial charge in [0.25, 0.3) is 5.91 Å². The minimum Gasteiger partial charge on any atom is -0.457 e. The molecule has 3 rings (SSSR count). The van der Waals surface area contributed by atoms with E-state index >= 15 is 0 Å². The Hall–Kier alpha value is -3.41. The van der Waals surface area contributed by atoms with Crippen molar-refractivity contribution >= 4 is 11.6 Å². The predicted molar refractivity (Wildman–Crippen MR) is 94.0 cm³/mol. The third-order valence-electron chi connectivity index (χ3n) is 3.45. The first kappa shape index (κ1) is 17.4. The van der Waals surface area contributed by atoms with Crippen LogP contribution < -0.4 is 14.8 Å². The van der Waals surface area contributed by atoms with Crippen LogP contribution in [0.5, 0.6) is 17.2 Å². The van der Waals surface area contributed by atoms with Crippen LogP contribution >= 0.6 is 0 Å². The van der Waals surface area contributed by atoms with E-state index in [1.165, 1.54) is 12.1 Å². The number of carbonyl (C=O) groups excluding carboxylic acids is 1. The quantitative estimate of drug-likeness (QED) is 0.650. The second-order valence-corrected chi connectivity index (χ2v) is 5.27. The molecule has 1 N–H and O–H groups in total. The van der Waals surface area contributed by atoms with Crippen LogP contribution in [0.2, 0.25) is 0 Å². The van der Waals surface area contributed by atoms with E-state index in [9.17, 15) is 13.6 Å². The summed E-state index contributed by atoms with van der Waals surface area (Å²) in [4.78, 5) is 12.3. The number of ether oxygens (including phenoxy) is 2. The van der Waals surface area contributed by atoms with E-state index in [0.717, 1.165) is 0 Å². The average Bonchev–Trinajstić information content (AvgIpc) is 2.64. The van der Waals surface area contributed by atoms with Crippen LogP contribution in [0.4, 0.5) is 14.5 Å². The molecule has 0 unspecified atom stereocenters. The van der Waals surface area contributed by atoms with Crippen LogP contribution in [0.15, 0.2) is 78.9 Å². The Balaban J connectivity index is 1.69. The van der Waals surface area contributed by atoms with Crippen molar-refractivity contribution in [1.82, 2.24) is 0 Å². The summed E-state index contributed by atoms with van der Waals surface area (Å²) in [5.74, 6) is 0.721. The zero-order valence-electron chi connectivity index (χ0n) is 13.6. The van der Waals surface area contributed by atoms with E-state index in [1.54, 1.807) is 36.4 Å². The smallest absolute Gasteiger partial charge is 0.387 e. The number of anilines is 1. The fourth-order valence-corrected chi connectivity index (χ4v) is 2.26. The molecule has 0 heterocycles. The summed E-state index contributed by atoms with van der Waals surface area (Å²) < 4.78 is 34.9. The summed E-state index contributed by atoms with van der Waals surface area (Å²) in [6.07, 6.45) is 0. The molecule has 0 aliphatic carbocycles. The molecule has 3 aromatic carbocycles. The number of nitrogens with one attached hydrogen (secondary N) is 1. The molecular formula is C20H15F2NO3. The van der Waals surface area contributed by atoms with Gasteiger partial charge in [0.1, 0.15) is 17.2 Å². The standard InChI is InChI=1S/C20H15F2NO3/c21-20(22)26-18-9-5-4-8-17(18)23-19(24)14-10-12-16(13-11-14)25-15-6-2-1-3-7-15/h1-13,20H,(H,23,24). The molecule has 0 bridgehead atoms. The fraction of sp³-hybridized carbons (Fsp3) is 0.0500. The first-order valence-corrected chi connectivity index (χ1v) is 7.80. The number of alkyl halides is 2. The molecule has 0 atom stereocenters. The van der Waals surface area contributed by atoms with Gasteiger partial charge in [0.15, 0.2) is 0 Å². The van der Waals surface area contributed by atoms with Gasteiger partial charge >= 0.3 is 6.61 Å². The Morgan fingerprint density at radius 2 is 1.42 bits per heavy atom. The Labute approximate surface area is 149 Å². The van der Waals surface area contributed by atoms with Crippen molar-refractivity contribution in [2.45, 2.75) is 6.61 Å². The van der Waals surface area contributed by atoms with Gasteiger partial charge in [0.2, 0.25) is 0 Å². The Morgan fingerprint density at radius 3 is 2.12 bits per heavy atom. The van der Waals surface area contributed by atoms with Crippen LogP contribution in [-0.2, 0) is 0 Å². The first-order chi connectivity index (χ1) is 12.6. The number of hydrogen-bond donors (Lipinski definition) is 1. The fourth-order valence-electron chi connectivity index (χ4n) is 2.26. The molecule has 0 saturated heterocycles. The summed E-state index contributed by atoms with van der Waals surface area (Å²) in [5, 5.41) is 2.56. The lowest BCUT2D eigenvalue weighted by Crippen LogP contribution is -2.13. The molecule has 0 aromatic heterocycles. The van der Waals surface area contributed by atoms with Gasteiger partial charge in [0.05, 0.1) is 5.69 Å². The third kappa shape index (κ3) is 4.57. The van der Waals surface area contributed by atoms with Crippen molar-refractivity contribution in [1.29, 1.82) is 0 Å². The number of hydrogen-bond acceptors (Lipinski definition) is 3. The van der Waals surface area contributed by atoms with Crippen LogP contribution in [0.25, 0.3) is 0 Å². The highest BCUT2D eigenvalue weighted by Crippen LogP contribution is 2.26. The topological polar surface area (TPSA) is 47.6 Å². The van der Waals surface area contributed by atoms with Crippen molar-refractivity contribution < 1.29 is 23.0 Å². The molecule has 1 amide bonds. The number of benzene rings is 3. The zero-order valence-corrected chi connectivity index (χ0v) is 13.6. The van der Waals surface area contributed by atoms with Gasteiger partial charge in [-0.2, -0.15) is 8.78 Å². The molecular weight excluding hydrogens is 340 g/mol. The second kappa shape index (κ2) is 8.11. The molecule has 6 heteroatoms. The molecule has 0 radical (unpaired) electrons. The zero-order chi connectivity index (χ0) is 18.4. The molecule has 0 aliphatic rings. The van der Waals surface area contributed by atoms with Gasteiger partial charge in [-0.05, 0) is 48.5 Å². The van der Waals surface area contributed by atoms with Crippen molar-refractivity contribution in [3.05, 3.63) is 84.4 Å². The summed E-state index contributed by atoms with van der Waals surface area (Å²) >= 11 is 0. The molecule has 0 fully saturated rings. The molecule has 3 aromatic rings. The summed E-state index contributed by atoms with van der Waals surface area (Å²) in [7, 11) is 0. The third-order valence-corrected chi connectivity index (χ3v) is 3.45. The maximum Gasteiger partial charge on any atom is 0.387 e. The largest absolute Gasteiger partial charge is 0.457 e. The molecule has 132 valence electrons. The monoisotopic (exact) mass is 355 g/mol. The lowest BCUT2D eigenvalue weighted by Gasteiger charge is -2.12. The van der Waals surface area contributed by atoms with Crippen molar-refractivity contribution in [3.8, 4) is 17.2 Å². The number of carbonyl (C=O) groups is 1. The van der Waals surface area contributed by atoms with Crippen LogP contribution in [-0.4, -0.2) is 12.5 Å². The van der Waals surface area contributed by atoms with E-state index in [2.05, 4.69) is 10.1 Å². The van der Waals surface area contributed by atoms with E-state index < -0.39 is 12.5 Å². The number of halogens is 2. The minimum absolute atomic E-state index is 0.0973. The van der Waals surface area contributed by atoms with Gasteiger partial charge in [-0.3, -0.25) is 4.79 Å². The van der Waals surface area contributed by atoms with Crippen LogP contribution in [0.1, 0.15) is 10.4 Å². The summed E-state index contributed by atoms with van der Waals surface area (Å²) in [5.41, 5.74) is 0.527. The molecule has 4 nitrogen and oxygen atoms in total. The highest BCUT2D eigenvalue weighted by molar-refractivity contribution is 6.05. The first-order valence-electron chi connectivity index (χ1n) is 7.80. The maximum atomic E-state index is 12.4. The maximum absolute atomic E-state index is 12.4. The Kier molecular flexibility index (Phi) is 5.43. The van der Waals surface area contributed by atoms with Gasteiger partial charge in [0, 0.05) is 5.56 Å². The predicted octanol–water partition coefficient (Wildman–Crippen LogP) is 5.33. The normalized spacial score (nSPS) is 10.4. The lowest BCUT2D eigenvalue weighted by molar-refractivity contribution is -0.0493. The van der Waals surface area contributed by atoms with Crippen molar-refractivity contribution in [2.24, 2.45) is 0 Å². The number of rotatable bonds is 6. The van der Waals surface area contributed by atoms with Crippen molar-refractivity contribution in [2.75, 3.05) is 5.32 Å². The lowest BCUT2D eigenvalue weighted by atomic mass is 10.2. The molecule has 26 heavy (non-hydrogen) atoms. The highest BCUT2D eigenvalue weighted by atomic mass is 19.3. The second-order valence-electron chi connectivity index (χ2n) is 5.27. The van der Waals surface area contributed by atoms with Gasteiger partial charge in [-0.15, -0.1) is 0 Å². The van der Waals surface area contributed by atoms with E-state index in [0.29, 0.717) is 17.1 Å². The van der Waals surface area contributed by atoms with E-state index in [1.807, 2.05) is 30.3 Å². The Morgan fingerprint density at radius 1 is 0.808 bits per heavy atom. The molecule has 0 aliphatic heterocycles.